The van der Waals surface area contributed by atoms with Gasteiger partial charge in [-0.1, -0.05) is 66.7 Å². The van der Waals surface area contributed by atoms with E-state index in [1.165, 1.54) is 4.57 Å². The number of pyridine rings is 1. The molecule has 7 heteroatoms. The molecule has 4 rings (SSSR count). The summed E-state index contributed by atoms with van der Waals surface area (Å²) in [6.07, 6.45) is -0.888. The summed E-state index contributed by atoms with van der Waals surface area (Å²) in [7, 11) is 0. The Morgan fingerprint density at radius 1 is 0.933 bits per heavy atom. The molecule has 3 aromatic carbocycles. The molecule has 0 saturated carbocycles. The number of aliphatic hydroxyl groups excluding tert-OH is 1. The smallest absolute Gasteiger partial charge is 0.357 e. The van der Waals surface area contributed by atoms with E-state index in [-0.39, 0.29) is 12.2 Å². The highest BCUT2D eigenvalue weighted by Gasteiger charge is 2.26. The molecule has 30 heavy (non-hydrogen) atoms. The van der Waals surface area contributed by atoms with Gasteiger partial charge in [0.1, 0.15) is 5.69 Å². The molecule has 0 spiro atoms. The Kier molecular flexibility index (Phi) is 5.28. The summed E-state index contributed by atoms with van der Waals surface area (Å²) in [5.41, 5.74) is 0.561. The van der Waals surface area contributed by atoms with Crippen molar-refractivity contribution in [1.29, 1.82) is 0 Å². The zero-order valence-corrected chi connectivity index (χ0v) is 15.9. The average molecular weight is 401 g/mol. The van der Waals surface area contributed by atoms with Crippen LogP contribution in [0.25, 0.3) is 16.6 Å². The van der Waals surface area contributed by atoms with Gasteiger partial charge in [0, 0.05) is 17.6 Å². The lowest BCUT2D eigenvalue weighted by atomic mass is 10.1. The van der Waals surface area contributed by atoms with Crippen molar-refractivity contribution >= 4 is 22.3 Å². The second kappa shape index (κ2) is 8.18. The number of fused-ring (bicyclic) bond motifs is 1. The minimum Gasteiger partial charge on any atom is -0.387 e. The van der Waals surface area contributed by atoms with E-state index in [0.29, 0.717) is 22.2 Å². The Bertz CT molecular complexity index is 1250. The summed E-state index contributed by atoms with van der Waals surface area (Å²) >= 11 is 0. The van der Waals surface area contributed by atoms with Gasteiger partial charge >= 0.3 is 11.2 Å². The summed E-state index contributed by atoms with van der Waals surface area (Å²) < 4.78 is 1.34. The first kappa shape index (κ1) is 19.4. The number of para-hydroxylation sites is 2. The van der Waals surface area contributed by atoms with Gasteiger partial charge in [-0.05, 0) is 23.8 Å². The van der Waals surface area contributed by atoms with Crippen LogP contribution in [0, 0.1) is 10.1 Å². The fraction of sp³-hybridized carbons (Fsp3) is 0.0870. The SMILES string of the molecule is O=c1c([N+](=O)[O-])c(NC[C@@H](O)c2ccccc2)c2ccccc2n1-c1ccccc1. The standard InChI is InChI=1S/C23H19N3O4/c27-20(16-9-3-1-4-10-16)15-24-21-18-13-7-8-14-19(18)25(17-11-5-2-6-12-17)23(28)22(21)26(29)30/h1-14,20,24,27H,15H2/t20-/m1/s1. The minimum absolute atomic E-state index is 0.0175. The van der Waals surface area contributed by atoms with E-state index in [1.54, 1.807) is 72.8 Å². The van der Waals surface area contributed by atoms with E-state index in [1.807, 2.05) is 12.1 Å². The summed E-state index contributed by atoms with van der Waals surface area (Å²) in [5, 5.41) is 25.8. The van der Waals surface area contributed by atoms with Crippen LogP contribution < -0.4 is 10.9 Å². The van der Waals surface area contributed by atoms with Crippen molar-refractivity contribution in [3.05, 3.63) is 111 Å². The van der Waals surface area contributed by atoms with Crippen LogP contribution in [0.15, 0.2) is 89.7 Å². The maximum absolute atomic E-state index is 13.2. The van der Waals surface area contributed by atoms with Gasteiger partial charge in [0.15, 0.2) is 0 Å². The van der Waals surface area contributed by atoms with Crippen LogP contribution in [0.2, 0.25) is 0 Å². The molecule has 1 aromatic heterocycles. The first-order valence-electron chi connectivity index (χ1n) is 9.42. The topological polar surface area (TPSA) is 97.4 Å². The van der Waals surface area contributed by atoms with Crippen LogP contribution in [-0.4, -0.2) is 21.1 Å². The third-order valence-corrected chi connectivity index (χ3v) is 4.91. The van der Waals surface area contributed by atoms with E-state index >= 15 is 0 Å². The monoisotopic (exact) mass is 401 g/mol. The van der Waals surface area contributed by atoms with Crippen LogP contribution >= 0.6 is 0 Å². The molecule has 0 saturated heterocycles. The number of nitro groups is 1. The molecular weight excluding hydrogens is 382 g/mol. The molecule has 2 N–H and O–H groups in total. The van der Waals surface area contributed by atoms with Crippen molar-refractivity contribution in [3.8, 4) is 5.69 Å². The van der Waals surface area contributed by atoms with Gasteiger partial charge < -0.3 is 10.4 Å². The third-order valence-electron chi connectivity index (χ3n) is 4.91. The number of rotatable bonds is 6. The predicted molar refractivity (Wildman–Crippen MR) is 116 cm³/mol. The second-order valence-electron chi connectivity index (χ2n) is 6.78. The van der Waals surface area contributed by atoms with Gasteiger partial charge in [0.25, 0.3) is 0 Å². The molecule has 7 nitrogen and oxygen atoms in total. The van der Waals surface area contributed by atoms with Crippen molar-refractivity contribution in [3.63, 3.8) is 0 Å². The Morgan fingerprint density at radius 2 is 1.53 bits per heavy atom. The first-order valence-corrected chi connectivity index (χ1v) is 9.42. The van der Waals surface area contributed by atoms with Crippen LogP contribution in [0.4, 0.5) is 11.4 Å². The zero-order chi connectivity index (χ0) is 21.1. The van der Waals surface area contributed by atoms with Crippen LogP contribution in [0.1, 0.15) is 11.7 Å². The van der Waals surface area contributed by atoms with Crippen molar-refractivity contribution < 1.29 is 10.0 Å². The number of anilines is 1. The Labute approximate surface area is 172 Å². The molecule has 0 bridgehead atoms. The molecule has 0 amide bonds. The van der Waals surface area contributed by atoms with Gasteiger partial charge in [-0.3, -0.25) is 19.5 Å². The number of nitrogens with zero attached hydrogens (tertiary/aromatic N) is 2. The first-order chi connectivity index (χ1) is 14.6. The average Bonchev–Trinajstić information content (AvgIpc) is 2.78. The van der Waals surface area contributed by atoms with Crippen molar-refractivity contribution in [2.75, 3.05) is 11.9 Å². The molecule has 0 fully saturated rings. The quantitative estimate of drug-likeness (QED) is 0.375. The highest BCUT2D eigenvalue weighted by molar-refractivity contribution is 5.97. The third kappa shape index (κ3) is 3.54. The summed E-state index contributed by atoms with van der Waals surface area (Å²) in [5.74, 6) is 0. The number of hydrogen-bond acceptors (Lipinski definition) is 5. The number of aromatic nitrogens is 1. The molecule has 0 aliphatic heterocycles. The number of nitrogens with one attached hydrogen (secondary N) is 1. The van der Waals surface area contributed by atoms with Gasteiger partial charge in [0.2, 0.25) is 0 Å². The van der Waals surface area contributed by atoms with E-state index < -0.39 is 22.3 Å². The largest absolute Gasteiger partial charge is 0.387 e. The van der Waals surface area contributed by atoms with Crippen LogP contribution in [0.3, 0.4) is 0 Å². The normalized spacial score (nSPS) is 11.9. The lowest BCUT2D eigenvalue weighted by Gasteiger charge is -2.17. The predicted octanol–water partition coefficient (Wildman–Crippen LogP) is 4.04. The van der Waals surface area contributed by atoms with E-state index in [0.717, 1.165) is 0 Å². The Morgan fingerprint density at radius 3 is 2.20 bits per heavy atom. The van der Waals surface area contributed by atoms with Crippen LogP contribution in [0.5, 0.6) is 0 Å². The van der Waals surface area contributed by atoms with Gasteiger partial charge in [-0.15, -0.1) is 0 Å². The molecule has 1 heterocycles. The number of hydrogen-bond donors (Lipinski definition) is 2. The Balaban J connectivity index is 1.87. The fourth-order valence-corrected chi connectivity index (χ4v) is 3.50. The van der Waals surface area contributed by atoms with E-state index in [9.17, 15) is 20.0 Å². The number of aliphatic hydroxyl groups is 1. The highest BCUT2D eigenvalue weighted by atomic mass is 16.6. The van der Waals surface area contributed by atoms with Gasteiger partial charge in [-0.25, -0.2) is 0 Å². The molecule has 0 aliphatic rings. The zero-order valence-electron chi connectivity index (χ0n) is 15.9. The Hall–Kier alpha value is -3.97. The lowest BCUT2D eigenvalue weighted by molar-refractivity contribution is -0.385. The molecule has 0 aliphatic carbocycles. The van der Waals surface area contributed by atoms with Gasteiger partial charge in [0.05, 0.1) is 16.5 Å². The maximum Gasteiger partial charge on any atom is 0.357 e. The molecule has 0 unspecified atom stereocenters. The molecule has 1 atom stereocenters. The second-order valence-corrected chi connectivity index (χ2v) is 6.78. The summed E-state index contributed by atoms with van der Waals surface area (Å²) in [6, 6.07) is 24.8. The fourth-order valence-electron chi connectivity index (χ4n) is 3.50. The molecule has 4 aromatic rings. The number of benzene rings is 3. The van der Waals surface area contributed by atoms with E-state index in [4.69, 9.17) is 0 Å². The molecular formula is C23H19N3O4. The molecule has 150 valence electrons. The highest BCUT2D eigenvalue weighted by Crippen LogP contribution is 2.32. The molecule has 0 radical (unpaired) electrons. The van der Waals surface area contributed by atoms with E-state index in [2.05, 4.69) is 5.32 Å². The lowest BCUT2D eigenvalue weighted by Crippen LogP contribution is -2.24. The maximum atomic E-state index is 13.2. The van der Waals surface area contributed by atoms with Crippen molar-refractivity contribution in [2.45, 2.75) is 6.10 Å². The van der Waals surface area contributed by atoms with Crippen molar-refractivity contribution in [2.24, 2.45) is 0 Å². The van der Waals surface area contributed by atoms with Crippen molar-refractivity contribution in [1.82, 2.24) is 4.57 Å². The van der Waals surface area contributed by atoms with Gasteiger partial charge in [-0.2, -0.15) is 0 Å². The summed E-state index contributed by atoms with van der Waals surface area (Å²) in [6.45, 7) is 0.0175. The van der Waals surface area contributed by atoms with Crippen LogP contribution in [-0.2, 0) is 0 Å². The minimum atomic E-state index is -0.888. The summed E-state index contributed by atoms with van der Waals surface area (Å²) in [4.78, 5) is 24.4.